The number of nitrogens with one attached hydrogen (secondary N) is 1. The molecule has 1 unspecified atom stereocenters. The molecule has 0 bridgehead atoms. The number of hydrogen-bond acceptors (Lipinski definition) is 2. The maximum atomic E-state index is 12.0. The van der Waals surface area contributed by atoms with E-state index >= 15 is 0 Å². The molecule has 1 aromatic carbocycles. The molecule has 2 rings (SSSR count). The van der Waals surface area contributed by atoms with Crippen LogP contribution in [0.15, 0.2) is 18.2 Å². The van der Waals surface area contributed by atoms with Crippen LogP contribution in [0.3, 0.4) is 0 Å². The number of hydrogen-bond donors (Lipinski definition) is 1. The predicted molar refractivity (Wildman–Crippen MR) is 75.6 cm³/mol. The van der Waals surface area contributed by atoms with Gasteiger partial charge in [0.15, 0.2) is 5.78 Å². The molecule has 1 N–H and O–H groups in total. The first-order valence-electron chi connectivity index (χ1n) is 6.36. The first-order valence-corrected chi connectivity index (χ1v) is 7.11. The molecule has 1 fully saturated rings. The van der Waals surface area contributed by atoms with Crippen molar-refractivity contribution in [3.05, 3.63) is 33.8 Å². The topological polar surface area (TPSA) is 29.1 Å². The quantitative estimate of drug-likeness (QED) is 0.849. The van der Waals surface area contributed by atoms with Gasteiger partial charge in [-0.1, -0.05) is 23.2 Å². The van der Waals surface area contributed by atoms with E-state index in [0.717, 1.165) is 19.5 Å². The number of carbonyl (C=O) groups excluding carboxylic acids is 1. The van der Waals surface area contributed by atoms with Gasteiger partial charge in [0, 0.05) is 12.0 Å². The van der Waals surface area contributed by atoms with E-state index in [4.69, 9.17) is 23.2 Å². The Balaban J connectivity index is 1.88. The van der Waals surface area contributed by atoms with Gasteiger partial charge in [0.2, 0.25) is 0 Å². The van der Waals surface area contributed by atoms with Crippen molar-refractivity contribution >= 4 is 29.0 Å². The predicted octanol–water partition coefficient (Wildman–Crippen LogP) is 3.96. The highest BCUT2D eigenvalue weighted by atomic mass is 35.5. The highest BCUT2D eigenvalue weighted by Gasteiger charge is 2.15. The normalized spacial score (nSPS) is 19.8. The van der Waals surface area contributed by atoms with Crippen LogP contribution in [0.25, 0.3) is 0 Å². The third-order valence-corrected chi connectivity index (χ3v) is 4.16. The largest absolute Gasteiger partial charge is 0.316 e. The van der Waals surface area contributed by atoms with Crippen LogP contribution in [-0.2, 0) is 0 Å². The lowest BCUT2D eigenvalue weighted by atomic mass is 9.92. The number of piperidine rings is 1. The molecule has 2 nitrogen and oxygen atoms in total. The van der Waals surface area contributed by atoms with Crippen LogP contribution in [-0.4, -0.2) is 18.9 Å². The molecule has 4 heteroatoms. The molecule has 18 heavy (non-hydrogen) atoms. The van der Waals surface area contributed by atoms with E-state index in [0.29, 0.717) is 27.9 Å². The van der Waals surface area contributed by atoms with Crippen LogP contribution in [0.4, 0.5) is 0 Å². The van der Waals surface area contributed by atoms with Crippen molar-refractivity contribution < 1.29 is 4.79 Å². The summed E-state index contributed by atoms with van der Waals surface area (Å²) in [7, 11) is 0. The van der Waals surface area contributed by atoms with E-state index in [2.05, 4.69) is 5.32 Å². The molecule has 1 aliphatic rings. The van der Waals surface area contributed by atoms with Gasteiger partial charge in [-0.25, -0.2) is 0 Å². The first-order chi connectivity index (χ1) is 8.66. The molecule has 98 valence electrons. The summed E-state index contributed by atoms with van der Waals surface area (Å²) in [6, 6.07) is 5.08. The van der Waals surface area contributed by atoms with Crippen molar-refractivity contribution in [3.8, 4) is 0 Å². The second kappa shape index (κ2) is 6.55. The fourth-order valence-corrected chi connectivity index (χ4v) is 2.62. The fourth-order valence-electron chi connectivity index (χ4n) is 2.32. The number of carbonyl (C=O) groups is 1. The van der Waals surface area contributed by atoms with Gasteiger partial charge in [-0.2, -0.15) is 0 Å². The maximum Gasteiger partial charge on any atom is 0.162 e. The third-order valence-electron chi connectivity index (χ3n) is 3.42. The zero-order valence-corrected chi connectivity index (χ0v) is 11.7. The van der Waals surface area contributed by atoms with Crippen LogP contribution in [0.2, 0.25) is 10.0 Å². The minimum Gasteiger partial charge on any atom is -0.316 e. The van der Waals surface area contributed by atoms with E-state index in [1.54, 1.807) is 18.2 Å². The van der Waals surface area contributed by atoms with Crippen LogP contribution >= 0.6 is 23.2 Å². The number of Topliss-reactive ketones (excluding diaryl/α,β-unsaturated/α-hetero) is 1. The number of benzene rings is 1. The molecule has 0 radical (unpaired) electrons. The molecule has 0 saturated carbocycles. The first kappa shape index (κ1) is 13.9. The van der Waals surface area contributed by atoms with Gasteiger partial charge in [-0.3, -0.25) is 4.79 Å². The highest BCUT2D eigenvalue weighted by Crippen LogP contribution is 2.24. The minimum absolute atomic E-state index is 0.152. The summed E-state index contributed by atoms with van der Waals surface area (Å²) in [6.45, 7) is 2.14. The Hall–Kier alpha value is -0.570. The van der Waals surface area contributed by atoms with E-state index in [1.807, 2.05) is 0 Å². The van der Waals surface area contributed by atoms with Crippen molar-refractivity contribution in [1.82, 2.24) is 5.32 Å². The van der Waals surface area contributed by atoms with Gasteiger partial charge < -0.3 is 5.32 Å². The van der Waals surface area contributed by atoms with Crippen molar-refractivity contribution in [2.75, 3.05) is 13.1 Å². The lowest BCUT2D eigenvalue weighted by Gasteiger charge is -2.22. The molecule has 0 aromatic heterocycles. The van der Waals surface area contributed by atoms with Crippen LogP contribution < -0.4 is 5.32 Å². The van der Waals surface area contributed by atoms with Gasteiger partial charge in [-0.15, -0.1) is 0 Å². The van der Waals surface area contributed by atoms with Crippen LogP contribution in [0.1, 0.15) is 36.0 Å². The van der Waals surface area contributed by atoms with Gasteiger partial charge >= 0.3 is 0 Å². The summed E-state index contributed by atoms with van der Waals surface area (Å²) in [5.41, 5.74) is 0.660. The fraction of sp³-hybridized carbons (Fsp3) is 0.500. The minimum atomic E-state index is 0.152. The van der Waals surface area contributed by atoms with Gasteiger partial charge in [0.1, 0.15) is 0 Å². The molecule has 1 aromatic rings. The van der Waals surface area contributed by atoms with Crippen molar-refractivity contribution in [2.24, 2.45) is 5.92 Å². The summed E-state index contributed by atoms with van der Waals surface area (Å²) in [5.74, 6) is 0.782. The monoisotopic (exact) mass is 285 g/mol. The molecule has 0 aliphatic carbocycles. The molecule has 1 heterocycles. The number of ketones is 1. The van der Waals surface area contributed by atoms with Gasteiger partial charge in [-0.05, 0) is 56.5 Å². The second-order valence-electron chi connectivity index (χ2n) is 4.80. The maximum absolute atomic E-state index is 12.0. The zero-order valence-electron chi connectivity index (χ0n) is 10.2. The average Bonchev–Trinajstić information content (AvgIpc) is 2.40. The molecule has 0 spiro atoms. The molecule has 1 aliphatic heterocycles. The molecule has 1 atom stereocenters. The van der Waals surface area contributed by atoms with Crippen molar-refractivity contribution in [3.63, 3.8) is 0 Å². The highest BCUT2D eigenvalue weighted by molar-refractivity contribution is 6.42. The lowest BCUT2D eigenvalue weighted by Crippen LogP contribution is -2.30. The van der Waals surface area contributed by atoms with Crippen molar-refractivity contribution in [2.45, 2.75) is 25.7 Å². The molecule has 0 amide bonds. The Bertz CT molecular complexity index is 428. The van der Waals surface area contributed by atoms with Gasteiger partial charge in [0.25, 0.3) is 0 Å². The average molecular weight is 286 g/mol. The van der Waals surface area contributed by atoms with E-state index in [1.165, 1.54) is 12.8 Å². The van der Waals surface area contributed by atoms with E-state index in [-0.39, 0.29) is 5.78 Å². The van der Waals surface area contributed by atoms with E-state index < -0.39 is 0 Å². The van der Waals surface area contributed by atoms with E-state index in [9.17, 15) is 4.79 Å². The summed E-state index contributed by atoms with van der Waals surface area (Å²) < 4.78 is 0. The SMILES string of the molecule is O=C(CCC1CCCNC1)c1ccc(Cl)c(Cl)c1. The lowest BCUT2D eigenvalue weighted by molar-refractivity contribution is 0.0971. The number of halogens is 2. The smallest absolute Gasteiger partial charge is 0.162 e. The standard InChI is InChI=1S/C14H17Cl2NO/c15-12-5-4-11(8-13(12)16)14(18)6-3-10-2-1-7-17-9-10/h4-5,8,10,17H,1-3,6-7,9H2. The summed E-state index contributed by atoms with van der Waals surface area (Å²) in [4.78, 5) is 12.0. The zero-order chi connectivity index (χ0) is 13.0. The summed E-state index contributed by atoms with van der Waals surface area (Å²) in [5, 5.41) is 4.30. The summed E-state index contributed by atoms with van der Waals surface area (Å²) >= 11 is 11.7. The molecular weight excluding hydrogens is 269 g/mol. The van der Waals surface area contributed by atoms with Crippen LogP contribution in [0, 0.1) is 5.92 Å². The second-order valence-corrected chi connectivity index (χ2v) is 5.62. The Morgan fingerprint density at radius 3 is 2.83 bits per heavy atom. The van der Waals surface area contributed by atoms with Crippen LogP contribution in [0.5, 0.6) is 0 Å². The molecular formula is C14H17Cl2NO. The number of rotatable bonds is 4. The Kier molecular flexibility index (Phi) is 5.04. The third kappa shape index (κ3) is 3.71. The van der Waals surface area contributed by atoms with Gasteiger partial charge in [0.05, 0.1) is 10.0 Å². The van der Waals surface area contributed by atoms with Crippen molar-refractivity contribution in [1.29, 1.82) is 0 Å². The Morgan fingerprint density at radius 2 is 2.17 bits per heavy atom. The summed E-state index contributed by atoms with van der Waals surface area (Å²) in [6.07, 6.45) is 3.98. The Morgan fingerprint density at radius 1 is 1.33 bits per heavy atom. The molecule has 1 saturated heterocycles. The Labute approximate surface area is 118 Å².